The number of anilines is 1. The normalized spacial score (nSPS) is 17.2. The first-order valence-electron chi connectivity index (χ1n) is 7.09. The number of rotatable bonds is 7. The van der Waals surface area contributed by atoms with Gasteiger partial charge in [0, 0.05) is 25.4 Å². The molecule has 0 bridgehead atoms. The summed E-state index contributed by atoms with van der Waals surface area (Å²) in [6.07, 6.45) is 3.72. The van der Waals surface area contributed by atoms with Crippen molar-refractivity contribution in [3.8, 4) is 0 Å². The van der Waals surface area contributed by atoms with Crippen molar-refractivity contribution in [2.24, 2.45) is 11.3 Å². The van der Waals surface area contributed by atoms with Crippen molar-refractivity contribution in [3.63, 3.8) is 0 Å². The van der Waals surface area contributed by atoms with Crippen molar-refractivity contribution in [1.29, 1.82) is 0 Å². The van der Waals surface area contributed by atoms with Gasteiger partial charge in [-0.15, -0.1) is 0 Å². The van der Waals surface area contributed by atoms with E-state index in [0.29, 0.717) is 24.8 Å². The van der Waals surface area contributed by atoms with Crippen LogP contribution in [0.15, 0.2) is 23.2 Å². The molecular weight excluding hydrogens is 274 g/mol. The van der Waals surface area contributed by atoms with Gasteiger partial charge in [0.1, 0.15) is 5.82 Å². The molecule has 1 aromatic rings. The molecule has 0 unspecified atom stereocenters. The fourth-order valence-electron chi connectivity index (χ4n) is 2.30. The van der Waals surface area contributed by atoms with E-state index in [9.17, 15) is 8.42 Å². The van der Waals surface area contributed by atoms with E-state index in [2.05, 4.69) is 28.9 Å². The third-order valence-corrected chi connectivity index (χ3v) is 5.53. The molecule has 0 spiro atoms. The van der Waals surface area contributed by atoms with Gasteiger partial charge in [0.25, 0.3) is 0 Å². The van der Waals surface area contributed by atoms with E-state index >= 15 is 0 Å². The number of hydrogen-bond acceptors (Lipinski definition) is 4. The van der Waals surface area contributed by atoms with Crippen LogP contribution in [0.1, 0.15) is 33.6 Å². The quantitative estimate of drug-likeness (QED) is 0.809. The topological polar surface area (TPSA) is 71.1 Å². The molecule has 0 amide bonds. The molecule has 0 saturated heterocycles. The third-order valence-electron chi connectivity index (χ3n) is 4.13. The van der Waals surface area contributed by atoms with Crippen LogP contribution < -0.4 is 10.0 Å². The van der Waals surface area contributed by atoms with Crippen molar-refractivity contribution >= 4 is 15.8 Å². The largest absolute Gasteiger partial charge is 0.370 e. The lowest BCUT2D eigenvalue weighted by molar-refractivity contribution is 0.357. The van der Waals surface area contributed by atoms with Crippen LogP contribution >= 0.6 is 0 Å². The molecule has 2 N–H and O–H groups in total. The number of pyridine rings is 1. The maximum absolute atomic E-state index is 12.3. The Balaban J connectivity index is 2.08. The molecule has 6 heteroatoms. The zero-order valence-electron chi connectivity index (χ0n) is 12.3. The van der Waals surface area contributed by atoms with E-state index < -0.39 is 10.0 Å². The number of hydrogen-bond donors (Lipinski definition) is 2. The molecule has 1 aromatic heterocycles. The van der Waals surface area contributed by atoms with E-state index in [-0.39, 0.29) is 10.3 Å². The summed E-state index contributed by atoms with van der Waals surface area (Å²) in [5.74, 6) is 1.08. The number of nitrogens with zero attached hydrogens (tertiary/aromatic N) is 1. The first kappa shape index (κ1) is 15.3. The molecule has 0 aliphatic heterocycles. The molecule has 1 fully saturated rings. The Morgan fingerprint density at radius 2 is 2.10 bits per heavy atom. The Kier molecular flexibility index (Phi) is 4.34. The van der Waals surface area contributed by atoms with Crippen molar-refractivity contribution < 1.29 is 8.42 Å². The first-order chi connectivity index (χ1) is 9.39. The van der Waals surface area contributed by atoms with Crippen LogP contribution in [0.3, 0.4) is 0 Å². The highest BCUT2D eigenvalue weighted by atomic mass is 32.2. The van der Waals surface area contributed by atoms with E-state index in [4.69, 9.17) is 0 Å². The van der Waals surface area contributed by atoms with Gasteiger partial charge >= 0.3 is 0 Å². The molecule has 112 valence electrons. The summed E-state index contributed by atoms with van der Waals surface area (Å²) in [7, 11) is -3.46. The fraction of sp³-hybridized carbons (Fsp3) is 0.643. The molecular formula is C14H23N3O2S. The molecule has 1 saturated carbocycles. The summed E-state index contributed by atoms with van der Waals surface area (Å²) in [5, 5.41) is 3.02. The van der Waals surface area contributed by atoms with E-state index in [0.717, 1.165) is 12.8 Å². The van der Waals surface area contributed by atoms with E-state index in [1.807, 2.05) is 6.92 Å². The van der Waals surface area contributed by atoms with E-state index in [1.54, 1.807) is 6.07 Å². The number of sulfonamides is 1. The Morgan fingerprint density at radius 1 is 1.40 bits per heavy atom. The summed E-state index contributed by atoms with van der Waals surface area (Å²) >= 11 is 0. The standard InChI is InChI=1S/C14H23N3O2S/c1-4-15-13-9-12(5-8-16-13)20(18,19)17-10-14(6-7-14)11(2)3/h5,8-9,11,17H,4,6-7,10H2,1-3H3,(H,15,16). The summed E-state index contributed by atoms with van der Waals surface area (Å²) in [4.78, 5) is 4.36. The minimum Gasteiger partial charge on any atom is -0.370 e. The smallest absolute Gasteiger partial charge is 0.240 e. The predicted octanol–water partition coefficient (Wildman–Crippen LogP) is 2.23. The summed E-state index contributed by atoms with van der Waals surface area (Å²) < 4.78 is 27.4. The Morgan fingerprint density at radius 3 is 2.65 bits per heavy atom. The van der Waals surface area contributed by atoms with Crippen LogP contribution in [0.2, 0.25) is 0 Å². The van der Waals surface area contributed by atoms with Crippen LogP contribution in [0, 0.1) is 11.3 Å². The summed E-state index contributed by atoms with van der Waals surface area (Å²) in [6, 6.07) is 3.10. The first-order valence-corrected chi connectivity index (χ1v) is 8.57. The minimum atomic E-state index is -3.46. The van der Waals surface area contributed by atoms with Crippen LogP contribution in [-0.4, -0.2) is 26.5 Å². The van der Waals surface area contributed by atoms with Crippen molar-refractivity contribution in [3.05, 3.63) is 18.3 Å². The lowest BCUT2D eigenvalue weighted by atomic mass is 9.93. The van der Waals surface area contributed by atoms with Crippen LogP contribution in [0.25, 0.3) is 0 Å². The Labute approximate surface area is 121 Å². The molecule has 0 atom stereocenters. The van der Waals surface area contributed by atoms with Gasteiger partial charge in [-0.2, -0.15) is 0 Å². The SMILES string of the molecule is CCNc1cc(S(=O)(=O)NCC2(C(C)C)CC2)ccn1. The zero-order chi connectivity index (χ0) is 14.8. The number of aromatic nitrogens is 1. The lowest BCUT2D eigenvalue weighted by Crippen LogP contribution is -2.32. The molecule has 0 aromatic carbocycles. The predicted molar refractivity (Wildman–Crippen MR) is 80.1 cm³/mol. The average molecular weight is 297 g/mol. The highest BCUT2D eigenvalue weighted by Gasteiger charge is 2.45. The monoisotopic (exact) mass is 297 g/mol. The second-order valence-electron chi connectivity index (χ2n) is 5.75. The second kappa shape index (κ2) is 5.69. The molecule has 0 radical (unpaired) electrons. The zero-order valence-corrected chi connectivity index (χ0v) is 13.1. The van der Waals surface area contributed by atoms with Crippen LogP contribution in [-0.2, 0) is 10.0 Å². The molecule has 20 heavy (non-hydrogen) atoms. The van der Waals surface area contributed by atoms with Gasteiger partial charge in [0.05, 0.1) is 4.90 Å². The van der Waals surface area contributed by atoms with Gasteiger partial charge in [-0.1, -0.05) is 13.8 Å². The second-order valence-corrected chi connectivity index (χ2v) is 7.52. The third kappa shape index (κ3) is 3.30. The number of nitrogens with one attached hydrogen (secondary N) is 2. The van der Waals surface area contributed by atoms with Gasteiger partial charge in [-0.3, -0.25) is 0 Å². The highest BCUT2D eigenvalue weighted by molar-refractivity contribution is 7.89. The maximum Gasteiger partial charge on any atom is 0.240 e. The lowest BCUT2D eigenvalue weighted by Gasteiger charge is -2.20. The van der Waals surface area contributed by atoms with Crippen molar-refractivity contribution in [2.75, 3.05) is 18.4 Å². The Bertz CT molecular complexity index is 566. The van der Waals surface area contributed by atoms with Gasteiger partial charge < -0.3 is 5.32 Å². The molecule has 2 rings (SSSR count). The summed E-state index contributed by atoms with van der Waals surface area (Å²) in [5.41, 5.74) is 0.157. The van der Waals surface area contributed by atoms with Gasteiger partial charge in [0.2, 0.25) is 10.0 Å². The molecule has 5 nitrogen and oxygen atoms in total. The summed E-state index contributed by atoms with van der Waals surface area (Å²) in [6.45, 7) is 7.47. The molecule has 1 aliphatic rings. The minimum absolute atomic E-state index is 0.157. The van der Waals surface area contributed by atoms with Crippen LogP contribution in [0.4, 0.5) is 5.82 Å². The average Bonchev–Trinajstić information content (AvgIpc) is 3.19. The van der Waals surface area contributed by atoms with Gasteiger partial charge in [-0.05, 0) is 37.2 Å². The fourth-order valence-corrected chi connectivity index (χ4v) is 3.45. The van der Waals surface area contributed by atoms with Crippen molar-refractivity contribution in [1.82, 2.24) is 9.71 Å². The van der Waals surface area contributed by atoms with Crippen molar-refractivity contribution in [2.45, 2.75) is 38.5 Å². The van der Waals surface area contributed by atoms with Crippen LogP contribution in [0.5, 0.6) is 0 Å². The Hall–Kier alpha value is -1.14. The van der Waals surface area contributed by atoms with Gasteiger partial charge in [0.15, 0.2) is 0 Å². The maximum atomic E-state index is 12.3. The van der Waals surface area contributed by atoms with Gasteiger partial charge in [-0.25, -0.2) is 18.1 Å². The van der Waals surface area contributed by atoms with E-state index in [1.165, 1.54) is 12.3 Å². The molecule has 1 heterocycles. The highest BCUT2D eigenvalue weighted by Crippen LogP contribution is 2.51. The molecule has 1 aliphatic carbocycles.